The molecule has 0 spiro atoms. The molecule has 1 aromatic rings. The van der Waals surface area contributed by atoms with E-state index in [1.54, 1.807) is 7.11 Å². The fourth-order valence-corrected chi connectivity index (χ4v) is 4.07. The summed E-state index contributed by atoms with van der Waals surface area (Å²) in [6.45, 7) is 6.46. The molecule has 2 atom stereocenters. The van der Waals surface area contributed by atoms with Crippen molar-refractivity contribution in [1.29, 1.82) is 0 Å². The Balaban J connectivity index is 1.54. The molecule has 2 saturated heterocycles. The predicted octanol–water partition coefficient (Wildman–Crippen LogP) is 1.40. The highest BCUT2D eigenvalue weighted by molar-refractivity contribution is 5.36. The van der Waals surface area contributed by atoms with Gasteiger partial charge in [0.25, 0.3) is 0 Å². The number of rotatable bonds is 4. The van der Waals surface area contributed by atoms with Gasteiger partial charge >= 0.3 is 0 Å². The number of methoxy groups -OCH3 is 1. The summed E-state index contributed by atoms with van der Waals surface area (Å²) in [5.41, 5.74) is 2.41. The molecule has 24 heavy (non-hydrogen) atoms. The topological polar surface area (TPSA) is 56.2 Å². The minimum atomic E-state index is -0.312. The molecular weight excluding hydrogens is 304 g/mol. The zero-order valence-electron chi connectivity index (χ0n) is 14.8. The Bertz CT molecular complexity index is 543. The summed E-state index contributed by atoms with van der Waals surface area (Å²) < 4.78 is 5.32. The molecule has 2 fully saturated rings. The van der Waals surface area contributed by atoms with Gasteiger partial charge in [-0.1, -0.05) is 12.1 Å². The van der Waals surface area contributed by atoms with E-state index in [9.17, 15) is 10.2 Å². The molecule has 134 valence electrons. The van der Waals surface area contributed by atoms with Gasteiger partial charge in [0.15, 0.2) is 0 Å². The van der Waals surface area contributed by atoms with E-state index in [1.807, 2.05) is 6.07 Å². The van der Waals surface area contributed by atoms with Crippen LogP contribution in [0.3, 0.4) is 0 Å². The lowest BCUT2D eigenvalue weighted by Gasteiger charge is -2.43. The molecule has 0 bridgehead atoms. The fourth-order valence-electron chi connectivity index (χ4n) is 4.07. The smallest absolute Gasteiger partial charge is 0.121 e. The average Bonchev–Trinajstić information content (AvgIpc) is 2.56. The van der Waals surface area contributed by atoms with Crippen molar-refractivity contribution >= 4 is 0 Å². The number of nitrogens with zero attached hydrogens (tertiary/aromatic N) is 2. The largest absolute Gasteiger partial charge is 0.496 e. The number of β-amino-alcohol motifs (C(OH)–C–C–N with tert-alkyl or cyclic N) is 1. The van der Waals surface area contributed by atoms with Gasteiger partial charge in [0.05, 0.1) is 19.3 Å². The van der Waals surface area contributed by atoms with Crippen LogP contribution in [0.2, 0.25) is 0 Å². The standard InChI is InChI=1S/C19H30N2O3/c1-14-11-15(3-4-19(14)24-2)12-20-8-7-17(18(23)13-20)21-9-5-16(22)6-10-21/h3-4,11,16-18,22-23H,5-10,12-13H2,1-2H3/t17-,18-/m1/s1. The quantitative estimate of drug-likeness (QED) is 0.872. The van der Waals surface area contributed by atoms with Crippen molar-refractivity contribution in [2.24, 2.45) is 0 Å². The van der Waals surface area contributed by atoms with E-state index in [0.717, 1.165) is 63.3 Å². The van der Waals surface area contributed by atoms with Crippen molar-refractivity contribution in [3.8, 4) is 5.75 Å². The van der Waals surface area contributed by atoms with E-state index >= 15 is 0 Å². The lowest BCUT2D eigenvalue weighted by atomic mass is 9.96. The second-order valence-corrected chi connectivity index (χ2v) is 7.23. The number of aliphatic hydroxyl groups excluding tert-OH is 2. The van der Waals surface area contributed by atoms with Crippen LogP contribution in [0.1, 0.15) is 30.4 Å². The number of hydrogen-bond donors (Lipinski definition) is 2. The van der Waals surface area contributed by atoms with Crippen molar-refractivity contribution < 1.29 is 14.9 Å². The lowest BCUT2D eigenvalue weighted by Crippen LogP contribution is -2.55. The van der Waals surface area contributed by atoms with Crippen molar-refractivity contribution in [2.45, 2.75) is 51.0 Å². The zero-order chi connectivity index (χ0) is 17.1. The van der Waals surface area contributed by atoms with Gasteiger partial charge in [-0.2, -0.15) is 0 Å². The zero-order valence-corrected chi connectivity index (χ0v) is 14.8. The lowest BCUT2D eigenvalue weighted by molar-refractivity contribution is -0.0355. The Morgan fingerprint density at radius 1 is 1.12 bits per heavy atom. The maximum absolute atomic E-state index is 10.6. The summed E-state index contributed by atoms with van der Waals surface area (Å²) in [7, 11) is 1.70. The Kier molecular flexibility index (Phi) is 5.76. The molecule has 5 heteroatoms. The van der Waals surface area contributed by atoms with Crippen LogP contribution in [0, 0.1) is 6.92 Å². The molecular formula is C19H30N2O3. The van der Waals surface area contributed by atoms with Crippen molar-refractivity contribution in [3.05, 3.63) is 29.3 Å². The fraction of sp³-hybridized carbons (Fsp3) is 0.684. The summed E-state index contributed by atoms with van der Waals surface area (Å²) in [5, 5.41) is 20.3. The molecule has 2 aliphatic heterocycles. The second-order valence-electron chi connectivity index (χ2n) is 7.23. The number of benzene rings is 1. The summed E-state index contributed by atoms with van der Waals surface area (Å²) in [4.78, 5) is 4.70. The molecule has 2 heterocycles. The average molecular weight is 334 g/mol. The number of aryl methyl sites for hydroxylation is 1. The first-order valence-corrected chi connectivity index (χ1v) is 9.03. The van der Waals surface area contributed by atoms with Gasteiger partial charge in [-0.05, 0) is 43.4 Å². The highest BCUT2D eigenvalue weighted by Crippen LogP contribution is 2.24. The molecule has 2 aliphatic rings. The molecule has 0 unspecified atom stereocenters. The monoisotopic (exact) mass is 334 g/mol. The SMILES string of the molecule is COc1ccc(CN2CC[C@@H](N3CCC(O)CC3)[C@H](O)C2)cc1C. The van der Waals surface area contributed by atoms with E-state index < -0.39 is 0 Å². The van der Waals surface area contributed by atoms with Gasteiger partial charge in [-0.25, -0.2) is 0 Å². The molecule has 0 radical (unpaired) electrons. The van der Waals surface area contributed by atoms with Crippen LogP contribution in [0.15, 0.2) is 18.2 Å². The Hall–Kier alpha value is -1.14. The first kappa shape index (κ1) is 17.7. The molecule has 5 nitrogen and oxygen atoms in total. The molecule has 3 rings (SSSR count). The molecule has 0 aromatic heterocycles. The Morgan fingerprint density at radius 2 is 1.88 bits per heavy atom. The van der Waals surface area contributed by atoms with Gasteiger partial charge in [0.2, 0.25) is 0 Å². The predicted molar refractivity (Wildman–Crippen MR) is 94.2 cm³/mol. The third-order valence-corrected chi connectivity index (χ3v) is 5.46. The van der Waals surface area contributed by atoms with E-state index in [2.05, 4.69) is 28.9 Å². The summed E-state index contributed by atoms with van der Waals surface area (Å²) in [6, 6.07) is 6.54. The second kappa shape index (κ2) is 7.83. The van der Waals surface area contributed by atoms with Gasteiger partial charge < -0.3 is 14.9 Å². The van der Waals surface area contributed by atoms with E-state index in [4.69, 9.17) is 4.74 Å². The van der Waals surface area contributed by atoms with Crippen molar-refractivity contribution in [3.63, 3.8) is 0 Å². The van der Waals surface area contributed by atoms with Crippen molar-refractivity contribution in [1.82, 2.24) is 9.80 Å². The number of hydrogen-bond acceptors (Lipinski definition) is 5. The van der Waals surface area contributed by atoms with Crippen LogP contribution in [0.25, 0.3) is 0 Å². The number of likely N-dealkylation sites (tertiary alicyclic amines) is 2. The molecule has 0 aliphatic carbocycles. The van der Waals surface area contributed by atoms with Crippen LogP contribution in [-0.2, 0) is 6.54 Å². The van der Waals surface area contributed by atoms with E-state index in [-0.39, 0.29) is 18.2 Å². The van der Waals surface area contributed by atoms with Crippen LogP contribution in [-0.4, -0.2) is 71.6 Å². The first-order valence-electron chi connectivity index (χ1n) is 9.03. The summed E-state index contributed by atoms with van der Waals surface area (Å²) in [6.07, 6.45) is 2.19. The summed E-state index contributed by atoms with van der Waals surface area (Å²) >= 11 is 0. The van der Waals surface area contributed by atoms with Crippen LogP contribution in [0.5, 0.6) is 5.75 Å². The molecule has 0 saturated carbocycles. The normalized spacial score (nSPS) is 27.3. The van der Waals surface area contributed by atoms with Gasteiger partial charge in [-0.3, -0.25) is 9.80 Å². The van der Waals surface area contributed by atoms with Crippen LogP contribution >= 0.6 is 0 Å². The van der Waals surface area contributed by atoms with Crippen LogP contribution < -0.4 is 4.74 Å². The number of piperidine rings is 2. The van der Waals surface area contributed by atoms with Crippen molar-refractivity contribution in [2.75, 3.05) is 33.3 Å². The third-order valence-electron chi connectivity index (χ3n) is 5.46. The van der Waals surface area contributed by atoms with Crippen LogP contribution in [0.4, 0.5) is 0 Å². The maximum atomic E-state index is 10.6. The third kappa shape index (κ3) is 4.09. The molecule has 0 amide bonds. The first-order chi connectivity index (χ1) is 11.6. The highest BCUT2D eigenvalue weighted by Gasteiger charge is 2.33. The number of aliphatic hydroxyl groups is 2. The highest BCUT2D eigenvalue weighted by atomic mass is 16.5. The van der Waals surface area contributed by atoms with E-state index in [1.165, 1.54) is 5.56 Å². The summed E-state index contributed by atoms with van der Waals surface area (Å²) in [5.74, 6) is 0.921. The maximum Gasteiger partial charge on any atom is 0.121 e. The number of ether oxygens (including phenoxy) is 1. The van der Waals surface area contributed by atoms with Gasteiger partial charge in [0, 0.05) is 38.8 Å². The van der Waals surface area contributed by atoms with Gasteiger partial charge in [-0.15, -0.1) is 0 Å². The minimum Gasteiger partial charge on any atom is -0.496 e. The van der Waals surface area contributed by atoms with Gasteiger partial charge in [0.1, 0.15) is 5.75 Å². The Morgan fingerprint density at radius 3 is 2.50 bits per heavy atom. The van der Waals surface area contributed by atoms with E-state index in [0.29, 0.717) is 0 Å². The molecule has 2 N–H and O–H groups in total. The minimum absolute atomic E-state index is 0.156. The molecule has 1 aromatic carbocycles. The Labute approximate surface area is 144 Å².